The molecule has 0 radical (unpaired) electrons. The molecule has 1 heterocycles. The van der Waals surface area contributed by atoms with Crippen LogP contribution >= 0.6 is 27.5 Å². The van der Waals surface area contributed by atoms with Gasteiger partial charge in [-0.25, -0.2) is 0 Å². The molecule has 1 aliphatic heterocycles. The van der Waals surface area contributed by atoms with Crippen molar-refractivity contribution >= 4 is 33.4 Å². The van der Waals surface area contributed by atoms with Crippen LogP contribution in [0.25, 0.3) is 0 Å². The van der Waals surface area contributed by atoms with Gasteiger partial charge in [-0.3, -0.25) is 4.79 Å². The van der Waals surface area contributed by atoms with E-state index in [0.29, 0.717) is 10.6 Å². The molecule has 92 valence electrons. The van der Waals surface area contributed by atoms with Crippen molar-refractivity contribution in [1.82, 2.24) is 4.90 Å². The first kappa shape index (κ1) is 12.9. The summed E-state index contributed by atoms with van der Waals surface area (Å²) in [4.78, 5) is 14.4. The van der Waals surface area contributed by atoms with Crippen molar-refractivity contribution in [2.24, 2.45) is 0 Å². The number of likely N-dealkylation sites (tertiary alicyclic amines) is 1. The molecule has 1 aromatic carbocycles. The van der Waals surface area contributed by atoms with Gasteiger partial charge in [0.05, 0.1) is 10.6 Å². The van der Waals surface area contributed by atoms with Crippen LogP contribution in [-0.4, -0.2) is 22.9 Å². The lowest BCUT2D eigenvalue weighted by Crippen LogP contribution is -2.42. The molecule has 0 unspecified atom stereocenters. The molecule has 0 atom stereocenters. The van der Waals surface area contributed by atoms with E-state index in [4.69, 9.17) is 11.6 Å². The van der Waals surface area contributed by atoms with Crippen LogP contribution in [0.3, 0.4) is 0 Å². The number of benzene rings is 1. The Kier molecular flexibility index (Phi) is 3.50. The van der Waals surface area contributed by atoms with Gasteiger partial charge in [0.1, 0.15) is 0 Å². The third-order valence-corrected chi connectivity index (χ3v) is 4.62. The summed E-state index contributed by atoms with van der Waals surface area (Å²) in [5.41, 5.74) is 0.513. The topological polar surface area (TPSA) is 20.3 Å². The molecule has 0 aliphatic carbocycles. The highest BCUT2D eigenvalue weighted by atomic mass is 79.9. The first-order valence-electron chi connectivity index (χ1n) is 5.69. The number of nitrogens with zero attached hydrogens (tertiary/aromatic N) is 1. The van der Waals surface area contributed by atoms with Gasteiger partial charge in [0.2, 0.25) is 0 Å². The molecule has 0 bridgehead atoms. The molecular weight excluding hydrogens is 302 g/mol. The zero-order chi connectivity index (χ0) is 12.6. The fraction of sp³-hybridized carbons (Fsp3) is 0.462. The van der Waals surface area contributed by atoms with E-state index < -0.39 is 0 Å². The van der Waals surface area contributed by atoms with Crippen LogP contribution < -0.4 is 0 Å². The number of carbonyl (C=O) groups excluding carboxylic acids is 1. The lowest BCUT2D eigenvalue weighted by atomic mass is 10.0. The van der Waals surface area contributed by atoms with Crippen molar-refractivity contribution in [1.29, 1.82) is 0 Å². The SMILES string of the molecule is CC1(C)CCCN1C(=O)c1cccc(Br)c1Cl. The van der Waals surface area contributed by atoms with Crippen molar-refractivity contribution in [3.05, 3.63) is 33.3 Å². The quantitative estimate of drug-likeness (QED) is 0.763. The van der Waals surface area contributed by atoms with Crippen LogP contribution in [-0.2, 0) is 0 Å². The van der Waals surface area contributed by atoms with Gasteiger partial charge in [0.15, 0.2) is 0 Å². The molecule has 1 aliphatic rings. The Hall–Kier alpha value is -0.540. The van der Waals surface area contributed by atoms with E-state index in [-0.39, 0.29) is 11.4 Å². The molecule has 1 aromatic rings. The van der Waals surface area contributed by atoms with Crippen molar-refractivity contribution < 1.29 is 4.79 Å². The first-order valence-corrected chi connectivity index (χ1v) is 6.86. The van der Waals surface area contributed by atoms with Gasteiger partial charge >= 0.3 is 0 Å². The van der Waals surface area contributed by atoms with E-state index in [1.165, 1.54) is 0 Å². The third kappa shape index (κ3) is 2.36. The fourth-order valence-electron chi connectivity index (χ4n) is 2.30. The number of rotatable bonds is 1. The largest absolute Gasteiger partial charge is 0.333 e. The highest BCUT2D eigenvalue weighted by Gasteiger charge is 2.36. The Morgan fingerprint density at radius 2 is 2.18 bits per heavy atom. The summed E-state index contributed by atoms with van der Waals surface area (Å²) >= 11 is 9.51. The number of amides is 1. The summed E-state index contributed by atoms with van der Waals surface area (Å²) in [6.45, 7) is 5.02. The summed E-state index contributed by atoms with van der Waals surface area (Å²) in [5, 5.41) is 0.500. The van der Waals surface area contributed by atoms with Crippen LogP contribution in [0, 0.1) is 0 Å². The Morgan fingerprint density at radius 3 is 2.76 bits per heavy atom. The molecule has 1 saturated heterocycles. The fourth-order valence-corrected chi connectivity index (χ4v) is 2.87. The smallest absolute Gasteiger partial charge is 0.255 e. The van der Waals surface area contributed by atoms with Gasteiger partial charge in [0, 0.05) is 16.6 Å². The van der Waals surface area contributed by atoms with Gasteiger partial charge < -0.3 is 4.90 Å². The molecule has 0 N–H and O–H groups in total. The van der Waals surface area contributed by atoms with E-state index in [1.54, 1.807) is 6.07 Å². The summed E-state index contributed by atoms with van der Waals surface area (Å²) in [5.74, 6) is 0.0267. The van der Waals surface area contributed by atoms with Gasteiger partial charge in [-0.1, -0.05) is 17.7 Å². The van der Waals surface area contributed by atoms with Crippen molar-refractivity contribution in [2.75, 3.05) is 6.54 Å². The highest BCUT2D eigenvalue weighted by molar-refractivity contribution is 9.10. The number of hydrogen-bond acceptors (Lipinski definition) is 1. The van der Waals surface area contributed by atoms with Crippen molar-refractivity contribution in [2.45, 2.75) is 32.2 Å². The Labute approximate surface area is 115 Å². The average molecular weight is 317 g/mol. The van der Waals surface area contributed by atoms with E-state index in [0.717, 1.165) is 23.9 Å². The summed E-state index contributed by atoms with van der Waals surface area (Å²) < 4.78 is 0.766. The summed E-state index contributed by atoms with van der Waals surface area (Å²) in [6, 6.07) is 5.46. The van der Waals surface area contributed by atoms with Gasteiger partial charge in [-0.05, 0) is 54.8 Å². The lowest BCUT2D eigenvalue weighted by molar-refractivity contribution is 0.0652. The molecule has 2 rings (SSSR count). The Balaban J connectivity index is 2.35. The zero-order valence-corrected chi connectivity index (χ0v) is 12.3. The molecule has 4 heteroatoms. The second kappa shape index (κ2) is 4.62. The van der Waals surface area contributed by atoms with E-state index in [9.17, 15) is 4.79 Å². The zero-order valence-electron chi connectivity index (χ0n) is 9.96. The molecular formula is C13H15BrClNO. The molecule has 1 amide bonds. The molecule has 2 nitrogen and oxygen atoms in total. The molecule has 1 fully saturated rings. The minimum Gasteiger partial charge on any atom is -0.333 e. The monoisotopic (exact) mass is 315 g/mol. The minimum atomic E-state index is -0.0667. The van der Waals surface area contributed by atoms with Crippen LogP contribution in [0.1, 0.15) is 37.0 Å². The standard InChI is InChI=1S/C13H15BrClNO/c1-13(2)7-4-8-16(13)12(17)9-5-3-6-10(14)11(9)15/h3,5-6H,4,7-8H2,1-2H3. The van der Waals surface area contributed by atoms with E-state index in [1.807, 2.05) is 17.0 Å². The summed E-state index contributed by atoms with van der Waals surface area (Å²) in [6.07, 6.45) is 2.11. The number of hydrogen-bond donors (Lipinski definition) is 0. The Morgan fingerprint density at radius 1 is 1.47 bits per heavy atom. The van der Waals surface area contributed by atoms with Crippen LogP contribution in [0.2, 0.25) is 5.02 Å². The van der Waals surface area contributed by atoms with Gasteiger partial charge in [0.25, 0.3) is 5.91 Å². The molecule has 0 spiro atoms. The maximum Gasteiger partial charge on any atom is 0.255 e. The maximum absolute atomic E-state index is 12.5. The minimum absolute atomic E-state index is 0.0267. The Bertz CT molecular complexity index is 459. The number of halogens is 2. The van der Waals surface area contributed by atoms with E-state index in [2.05, 4.69) is 29.8 Å². The molecule has 0 aromatic heterocycles. The normalized spacial score (nSPS) is 18.5. The number of carbonyl (C=O) groups is 1. The van der Waals surface area contributed by atoms with Crippen LogP contribution in [0.15, 0.2) is 22.7 Å². The summed E-state index contributed by atoms with van der Waals surface area (Å²) in [7, 11) is 0. The predicted octanol–water partition coefficient (Wildman–Crippen LogP) is 4.12. The third-order valence-electron chi connectivity index (χ3n) is 3.33. The highest BCUT2D eigenvalue weighted by Crippen LogP contribution is 2.33. The molecule has 17 heavy (non-hydrogen) atoms. The first-order chi connectivity index (χ1) is 7.93. The van der Waals surface area contributed by atoms with Crippen LogP contribution in [0.4, 0.5) is 0 Å². The van der Waals surface area contributed by atoms with Crippen LogP contribution in [0.5, 0.6) is 0 Å². The second-order valence-electron chi connectivity index (χ2n) is 4.97. The average Bonchev–Trinajstić information content (AvgIpc) is 2.61. The van der Waals surface area contributed by atoms with Gasteiger partial charge in [-0.2, -0.15) is 0 Å². The predicted molar refractivity (Wildman–Crippen MR) is 73.5 cm³/mol. The second-order valence-corrected chi connectivity index (χ2v) is 6.21. The van der Waals surface area contributed by atoms with Crippen molar-refractivity contribution in [3.63, 3.8) is 0 Å². The van der Waals surface area contributed by atoms with Crippen molar-refractivity contribution in [3.8, 4) is 0 Å². The van der Waals surface area contributed by atoms with Gasteiger partial charge in [-0.15, -0.1) is 0 Å². The van der Waals surface area contributed by atoms with E-state index >= 15 is 0 Å². The lowest BCUT2D eigenvalue weighted by Gasteiger charge is -2.32. The maximum atomic E-state index is 12.5. The molecule has 0 saturated carbocycles.